The monoisotopic (exact) mass is 243 g/mol. The van der Waals surface area contributed by atoms with Crippen LogP contribution in [-0.2, 0) is 9.53 Å². The minimum atomic E-state index is -0.121. The van der Waals surface area contributed by atoms with Gasteiger partial charge in [-0.2, -0.15) is 0 Å². The lowest BCUT2D eigenvalue weighted by molar-refractivity contribution is -0.142. The molecule has 102 valence electrons. The first-order valence-electron chi connectivity index (χ1n) is 7.17. The summed E-state index contributed by atoms with van der Waals surface area (Å²) in [5, 5.41) is 3.13. The van der Waals surface area contributed by atoms with Crippen LogP contribution in [0.15, 0.2) is 0 Å². The molecule has 0 aliphatic rings. The average molecular weight is 243 g/mol. The van der Waals surface area contributed by atoms with E-state index in [0.717, 1.165) is 25.8 Å². The largest absolute Gasteiger partial charge is 0.465 e. The molecule has 0 unspecified atom stereocenters. The first kappa shape index (κ1) is 16.4. The van der Waals surface area contributed by atoms with Crippen molar-refractivity contribution in [1.82, 2.24) is 5.32 Å². The van der Waals surface area contributed by atoms with Crippen molar-refractivity contribution in [1.29, 1.82) is 0 Å². The summed E-state index contributed by atoms with van der Waals surface area (Å²) in [6.07, 6.45) is 9.75. The van der Waals surface area contributed by atoms with E-state index in [1.807, 2.05) is 0 Å². The van der Waals surface area contributed by atoms with Gasteiger partial charge in [-0.3, -0.25) is 4.79 Å². The number of unbranched alkanes of at least 4 members (excludes halogenated alkanes) is 6. The fourth-order valence-electron chi connectivity index (χ4n) is 1.60. The maximum atomic E-state index is 11.2. The van der Waals surface area contributed by atoms with Gasteiger partial charge >= 0.3 is 5.97 Å². The van der Waals surface area contributed by atoms with Gasteiger partial charge in [0.25, 0.3) is 0 Å². The summed E-state index contributed by atoms with van der Waals surface area (Å²) in [6, 6.07) is 0. The zero-order chi connectivity index (χ0) is 12.8. The highest BCUT2D eigenvalue weighted by atomic mass is 16.5. The van der Waals surface area contributed by atoms with Crippen molar-refractivity contribution in [3.05, 3.63) is 0 Å². The summed E-state index contributed by atoms with van der Waals surface area (Å²) in [6.45, 7) is 6.16. The van der Waals surface area contributed by atoms with E-state index in [0.29, 0.717) is 13.2 Å². The summed E-state index contributed by atoms with van der Waals surface area (Å²) >= 11 is 0. The third-order valence-corrected chi connectivity index (χ3v) is 2.74. The van der Waals surface area contributed by atoms with E-state index < -0.39 is 0 Å². The normalized spacial score (nSPS) is 10.5. The quantitative estimate of drug-likeness (QED) is 0.422. The van der Waals surface area contributed by atoms with E-state index in [9.17, 15) is 4.79 Å². The second-order valence-electron chi connectivity index (χ2n) is 4.52. The highest BCUT2D eigenvalue weighted by Crippen LogP contribution is 2.03. The molecule has 0 atom stereocenters. The van der Waals surface area contributed by atoms with Crippen molar-refractivity contribution < 1.29 is 9.53 Å². The zero-order valence-corrected chi connectivity index (χ0v) is 11.6. The first-order chi connectivity index (χ1) is 8.31. The number of hydrogen-bond acceptors (Lipinski definition) is 3. The molecule has 0 bridgehead atoms. The third-order valence-electron chi connectivity index (χ3n) is 2.74. The Kier molecular flexibility index (Phi) is 13.0. The zero-order valence-electron chi connectivity index (χ0n) is 11.6. The van der Waals surface area contributed by atoms with E-state index in [1.165, 1.54) is 32.1 Å². The standard InChI is InChI=1S/C14H29NO2/c1-3-5-7-8-9-10-11-15-13-14(16)17-12-6-4-2/h15H,3-13H2,1-2H3. The highest BCUT2D eigenvalue weighted by molar-refractivity contribution is 5.71. The van der Waals surface area contributed by atoms with Crippen molar-refractivity contribution in [2.45, 2.75) is 65.2 Å². The molecular formula is C14H29NO2. The highest BCUT2D eigenvalue weighted by Gasteiger charge is 2.00. The van der Waals surface area contributed by atoms with E-state index in [1.54, 1.807) is 0 Å². The molecule has 0 aromatic heterocycles. The number of rotatable bonds is 12. The molecule has 0 fully saturated rings. The van der Waals surface area contributed by atoms with Gasteiger partial charge in [-0.1, -0.05) is 52.4 Å². The Morgan fingerprint density at radius 2 is 1.59 bits per heavy atom. The molecule has 0 saturated heterocycles. The fraction of sp³-hybridized carbons (Fsp3) is 0.929. The maximum Gasteiger partial charge on any atom is 0.319 e. The molecule has 0 rings (SSSR count). The van der Waals surface area contributed by atoms with Crippen LogP contribution in [0.2, 0.25) is 0 Å². The lowest BCUT2D eigenvalue weighted by atomic mass is 10.1. The van der Waals surface area contributed by atoms with Crippen LogP contribution < -0.4 is 5.32 Å². The number of carbonyl (C=O) groups excluding carboxylic acids is 1. The van der Waals surface area contributed by atoms with Gasteiger partial charge < -0.3 is 10.1 Å². The lowest BCUT2D eigenvalue weighted by Gasteiger charge is -2.05. The summed E-state index contributed by atoms with van der Waals surface area (Å²) in [4.78, 5) is 11.2. The van der Waals surface area contributed by atoms with Crippen LogP contribution in [0.25, 0.3) is 0 Å². The van der Waals surface area contributed by atoms with Gasteiger partial charge in [0, 0.05) is 0 Å². The van der Waals surface area contributed by atoms with Crippen LogP contribution in [0.3, 0.4) is 0 Å². The lowest BCUT2D eigenvalue weighted by Crippen LogP contribution is -2.25. The van der Waals surface area contributed by atoms with E-state index in [4.69, 9.17) is 4.74 Å². The topological polar surface area (TPSA) is 38.3 Å². The van der Waals surface area contributed by atoms with E-state index >= 15 is 0 Å². The first-order valence-corrected chi connectivity index (χ1v) is 7.17. The van der Waals surface area contributed by atoms with Crippen molar-refractivity contribution in [2.24, 2.45) is 0 Å². The Hall–Kier alpha value is -0.570. The Morgan fingerprint density at radius 1 is 0.941 bits per heavy atom. The molecule has 3 heteroatoms. The Bertz CT molecular complexity index is 172. The molecule has 3 nitrogen and oxygen atoms in total. The minimum Gasteiger partial charge on any atom is -0.465 e. The van der Waals surface area contributed by atoms with E-state index in [2.05, 4.69) is 19.2 Å². The third kappa shape index (κ3) is 13.4. The maximum absolute atomic E-state index is 11.2. The van der Waals surface area contributed by atoms with Crippen molar-refractivity contribution in [3.63, 3.8) is 0 Å². The summed E-state index contributed by atoms with van der Waals surface area (Å²) in [5.41, 5.74) is 0. The molecule has 0 aromatic rings. The second kappa shape index (κ2) is 13.5. The molecule has 17 heavy (non-hydrogen) atoms. The number of hydrogen-bond donors (Lipinski definition) is 1. The second-order valence-corrected chi connectivity index (χ2v) is 4.52. The van der Waals surface area contributed by atoms with E-state index in [-0.39, 0.29) is 5.97 Å². The van der Waals surface area contributed by atoms with Gasteiger partial charge in [-0.05, 0) is 19.4 Å². The summed E-state index contributed by atoms with van der Waals surface area (Å²) in [7, 11) is 0. The Morgan fingerprint density at radius 3 is 2.29 bits per heavy atom. The fourth-order valence-corrected chi connectivity index (χ4v) is 1.60. The van der Waals surface area contributed by atoms with Crippen LogP contribution >= 0.6 is 0 Å². The molecule has 0 aromatic carbocycles. The van der Waals surface area contributed by atoms with Crippen LogP contribution in [0.4, 0.5) is 0 Å². The van der Waals surface area contributed by atoms with Gasteiger partial charge in [-0.15, -0.1) is 0 Å². The number of nitrogens with one attached hydrogen (secondary N) is 1. The molecule has 0 aliphatic carbocycles. The molecule has 0 amide bonds. The number of carbonyl (C=O) groups is 1. The Labute approximate surface area is 106 Å². The van der Waals surface area contributed by atoms with Gasteiger partial charge in [0.05, 0.1) is 13.2 Å². The van der Waals surface area contributed by atoms with Crippen LogP contribution in [0, 0.1) is 0 Å². The predicted octanol–water partition coefficient (Wildman–Crippen LogP) is 3.28. The molecule has 0 saturated carbocycles. The van der Waals surface area contributed by atoms with Gasteiger partial charge in [0.15, 0.2) is 0 Å². The molecular weight excluding hydrogens is 214 g/mol. The van der Waals surface area contributed by atoms with Crippen molar-refractivity contribution in [2.75, 3.05) is 19.7 Å². The SMILES string of the molecule is CCCCCCCCNCC(=O)OCCCC. The molecule has 0 radical (unpaired) electrons. The Balaban J connectivity index is 3.08. The molecule has 0 aliphatic heterocycles. The smallest absolute Gasteiger partial charge is 0.319 e. The van der Waals surface area contributed by atoms with Crippen molar-refractivity contribution >= 4 is 5.97 Å². The van der Waals surface area contributed by atoms with Gasteiger partial charge in [0.2, 0.25) is 0 Å². The summed E-state index contributed by atoms with van der Waals surface area (Å²) < 4.78 is 5.04. The predicted molar refractivity (Wildman–Crippen MR) is 72.1 cm³/mol. The van der Waals surface area contributed by atoms with Crippen LogP contribution in [0.5, 0.6) is 0 Å². The number of esters is 1. The van der Waals surface area contributed by atoms with Crippen LogP contribution in [-0.4, -0.2) is 25.7 Å². The molecule has 0 heterocycles. The summed E-state index contributed by atoms with van der Waals surface area (Å²) in [5.74, 6) is -0.121. The van der Waals surface area contributed by atoms with Gasteiger partial charge in [-0.25, -0.2) is 0 Å². The number of ether oxygens (including phenoxy) is 1. The molecule has 1 N–H and O–H groups in total. The van der Waals surface area contributed by atoms with Crippen molar-refractivity contribution in [3.8, 4) is 0 Å². The van der Waals surface area contributed by atoms with Crippen LogP contribution in [0.1, 0.15) is 65.2 Å². The van der Waals surface area contributed by atoms with Gasteiger partial charge in [0.1, 0.15) is 0 Å². The minimum absolute atomic E-state index is 0.121. The average Bonchev–Trinajstić information content (AvgIpc) is 2.33. The molecule has 0 spiro atoms.